The zero-order chi connectivity index (χ0) is 12.4. The van der Waals surface area contributed by atoms with Crippen LogP contribution in [0.2, 0.25) is 5.02 Å². The number of hydrogen-bond donors (Lipinski definition) is 0. The fourth-order valence-corrected chi connectivity index (χ4v) is 2.19. The second-order valence-corrected chi connectivity index (χ2v) is 5.32. The average molecular weight is 255 g/mol. The van der Waals surface area contributed by atoms with Gasteiger partial charge in [0, 0.05) is 20.0 Å². The molecule has 1 fully saturated rings. The van der Waals surface area contributed by atoms with Crippen molar-refractivity contribution in [3.05, 3.63) is 28.8 Å². The van der Waals surface area contributed by atoms with Crippen molar-refractivity contribution in [1.29, 1.82) is 0 Å². The molecule has 0 aliphatic heterocycles. The number of rotatable bonds is 4. The maximum Gasteiger partial charge on any atom is 0.138 e. The van der Waals surface area contributed by atoms with Crippen LogP contribution in [0.15, 0.2) is 18.2 Å². The number of halogens is 1. The molecule has 0 amide bonds. The summed E-state index contributed by atoms with van der Waals surface area (Å²) in [5, 5.41) is 0.706. The molecule has 0 heterocycles. The number of hydrogen-bond acceptors (Lipinski definition) is 2. The smallest absolute Gasteiger partial charge is 0.138 e. The Hall–Kier alpha value is -0.730. The molecule has 1 saturated carbocycles. The molecule has 0 radical (unpaired) electrons. The molecule has 0 saturated heterocycles. The van der Waals surface area contributed by atoms with Gasteiger partial charge in [0.25, 0.3) is 0 Å². The predicted octanol–water partition coefficient (Wildman–Crippen LogP) is 4.02. The molecule has 2 rings (SSSR count). The van der Waals surface area contributed by atoms with E-state index in [2.05, 4.69) is 19.9 Å². The van der Waals surface area contributed by atoms with Crippen molar-refractivity contribution in [3.8, 4) is 5.75 Å². The van der Waals surface area contributed by atoms with E-state index in [-0.39, 0.29) is 6.10 Å². The lowest BCUT2D eigenvalue weighted by Gasteiger charge is -2.34. The molecule has 2 nitrogen and oxygen atoms in total. The van der Waals surface area contributed by atoms with E-state index in [0.717, 1.165) is 18.6 Å². The Labute approximate surface area is 108 Å². The van der Waals surface area contributed by atoms with Crippen LogP contribution < -0.4 is 4.74 Å². The van der Waals surface area contributed by atoms with Gasteiger partial charge in [-0.2, -0.15) is 0 Å². The number of ether oxygens (including phenoxy) is 2. The quantitative estimate of drug-likeness (QED) is 0.808. The highest BCUT2D eigenvalue weighted by Crippen LogP contribution is 2.33. The minimum Gasteiger partial charge on any atom is -0.489 e. The van der Waals surface area contributed by atoms with Crippen molar-refractivity contribution in [2.45, 2.75) is 44.8 Å². The molecule has 94 valence electrons. The molecular weight excluding hydrogens is 236 g/mol. The van der Waals surface area contributed by atoms with Gasteiger partial charge in [0.05, 0.1) is 11.1 Å². The van der Waals surface area contributed by atoms with Crippen LogP contribution in [0.3, 0.4) is 0 Å². The number of benzene rings is 1. The summed E-state index contributed by atoms with van der Waals surface area (Å²) < 4.78 is 11.1. The van der Waals surface area contributed by atoms with Gasteiger partial charge >= 0.3 is 0 Å². The third kappa shape index (κ3) is 2.93. The van der Waals surface area contributed by atoms with E-state index in [9.17, 15) is 0 Å². The highest BCUT2D eigenvalue weighted by Gasteiger charge is 2.31. The second kappa shape index (κ2) is 5.28. The van der Waals surface area contributed by atoms with Gasteiger partial charge in [0.1, 0.15) is 11.9 Å². The van der Waals surface area contributed by atoms with Crippen LogP contribution in [0, 0.1) is 0 Å². The Morgan fingerprint density at radius 1 is 1.24 bits per heavy atom. The van der Waals surface area contributed by atoms with Crippen LogP contribution in [0.4, 0.5) is 0 Å². The molecule has 0 atom stereocenters. The van der Waals surface area contributed by atoms with Crippen LogP contribution in [0.25, 0.3) is 0 Å². The first-order valence-corrected chi connectivity index (χ1v) is 6.47. The van der Waals surface area contributed by atoms with Crippen molar-refractivity contribution in [1.82, 2.24) is 0 Å². The van der Waals surface area contributed by atoms with Gasteiger partial charge in [0.2, 0.25) is 0 Å². The van der Waals surface area contributed by atoms with Crippen LogP contribution in [0.5, 0.6) is 5.75 Å². The second-order valence-electron chi connectivity index (χ2n) is 4.91. The van der Waals surface area contributed by atoms with Crippen molar-refractivity contribution < 1.29 is 9.47 Å². The Morgan fingerprint density at radius 2 is 1.94 bits per heavy atom. The van der Waals surface area contributed by atoms with E-state index in [4.69, 9.17) is 21.1 Å². The molecule has 0 spiro atoms. The largest absolute Gasteiger partial charge is 0.489 e. The van der Waals surface area contributed by atoms with E-state index in [1.165, 1.54) is 5.56 Å². The third-order valence-electron chi connectivity index (χ3n) is 3.30. The Morgan fingerprint density at radius 3 is 2.47 bits per heavy atom. The van der Waals surface area contributed by atoms with Gasteiger partial charge in [-0.25, -0.2) is 0 Å². The molecule has 3 heteroatoms. The lowest BCUT2D eigenvalue weighted by Crippen LogP contribution is -2.38. The normalized spacial score (nSPS) is 23.6. The van der Waals surface area contributed by atoms with Gasteiger partial charge in [-0.15, -0.1) is 0 Å². The van der Waals surface area contributed by atoms with E-state index in [0.29, 0.717) is 17.0 Å². The van der Waals surface area contributed by atoms with Crippen molar-refractivity contribution in [2.75, 3.05) is 7.11 Å². The van der Waals surface area contributed by atoms with Crippen LogP contribution in [-0.4, -0.2) is 19.3 Å². The summed E-state index contributed by atoms with van der Waals surface area (Å²) in [6.45, 7) is 4.31. The first kappa shape index (κ1) is 12.7. The maximum absolute atomic E-state index is 6.21. The zero-order valence-electron chi connectivity index (χ0n) is 10.6. The molecule has 1 aliphatic carbocycles. The van der Waals surface area contributed by atoms with Gasteiger partial charge < -0.3 is 9.47 Å². The molecular formula is C14H19ClO2. The van der Waals surface area contributed by atoms with Gasteiger partial charge in [-0.1, -0.05) is 31.5 Å². The van der Waals surface area contributed by atoms with Gasteiger partial charge in [-0.05, 0) is 23.6 Å². The molecule has 1 aliphatic rings. The molecule has 1 aromatic rings. The van der Waals surface area contributed by atoms with Crippen LogP contribution in [0.1, 0.15) is 38.2 Å². The van der Waals surface area contributed by atoms with Crippen molar-refractivity contribution >= 4 is 11.6 Å². The van der Waals surface area contributed by atoms with E-state index in [1.807, 2.05) is 12.1 Å². The summed E-state index contributed by atoms with van der Waals surface area (Å²) in [6, 6.07) is 6.05. The molecule has 0 bridgehead atoms. The monoisotopic (exact) mass is 254 g/mol. The highest BCUT2D eigenvalue weighted by atomic mass is 35.5. The molecule has 0 unspecified atom stereocenters. The summed E-state index contributed by atoms with van der Waals surface area (Å²) in [5.74, 6) is 1.28. The van der Waals surface area contributed by atoms with Crippen LogP contribution >= 0.6 is 11.6 Å². The first-order chi connectivity index (χ1) is 8.10. The minimum absolute atomic E-state index is 0.252. The summed E-state index contributed by atoms with van der Waals surface area (Å²) in [5.41, 5.74) is 1.24. The zero-order valence-corrected chi connectivity index (χ0v) is 11.3. The first-order valence-electron chi connectivity index (χ1n) is 6.09. The summed E-state index contributed by atoms with van der Waals surface area (Å²) in [6.07, 6.45) is 2.52. The maximum atomic E-state index is 6.21. The van der Waals surface area contributed by atoms with Gasteiger partial charge in [0.15, 0.2) is 0 Å². The molecule has 0 aromatic heterocycles. The third-order valence-corrected chi connectivity index (χ3v) is 3.60. The fourth-order valence-electron chi connectivity index (χ4n) is 1.96. The van der Waals surface area contributed by atoms with E-state index >= 15 is 0 Å². The Balaban J connectivity index is 1.98. The average Bonchev–Trinajstić information content (AvgIpc) is 2.24. The molecule has 17 heavy (non-hydrogen) atoms. The Kier molecular flexibility index (Phi) is 3.95. The fraction of sp³-hybridized carbons (Fsp3) is 0.571. The van der Waals surface area contributed by atoms with Crippen molar-refractivity contribution in [3.63, 3.8) is 0 Å². The lowest BCUT2D eigenvalue weighted by molar-refractivity contribution is -0.0380. The lowest BCUT2D eigenvalue weighted by atomic mass is 9.92. The highest BCUT2D eigenvalue weighted by molar-refractivity contribution is 6.32. The number of methoxy groups -OCH3 is 1. The Bertz CT molecular complexity index is 384. The summed E-state index contributed by atoms with van der Waals surface area (Å²) >= 11 is 6.21. The standard InChI is InChI=1S/C14H19ClO2/c1-9(2)10-4-5-14(13(15)6-10)17-12-7-11(8-12)16-3/h4-6,9,11-12H,7-8H2,1-3H3. The van der Waals surface area contributed by atoms with E-state index in [1.54, 1.807) is 7.11 Å². The van der Waals surface area contributed by atoms with E-state index < -0.39 is 0 Å². The van der Waals surface area contributed by atoms with Gasteiger partial charge in [-0.3, -0.25) is 0 Å². The van der Waals surface area contributed by atoms with Crippen molar-refractivity contribution in [2.24, 2.45) is 0 Å². The SMILES string of the molecule is COC1CC(Oc2ccc(C(C)C)cc2Cl)C1. The predicted molar refractivity (Wildman–Crippen MR) is 70.0 cm³/mol. The molecule has 1 aromatic carbocycles. The molecule has 0 N–H and O–H groups in total. The topological polar surface area (TPSA) is 18.5 Å². The minimum atomic E-state index is 0.252. The summed E-state index contributed by atoms with van der Waals surface area (Å²) in [4.78, 5) is 0. The van der Waals surface area contributed by atoms with Crippen LogP contribution in [-0.2, 0) is 4.74 Å². The summed E-state index contributed by atoms with van der Waals surface area (Å²) in [7, 11) is 1.74.